The van der Waals surface area contributed by atoms with Gasteiger partial charge in [-0.05, 0) is 38.6 Å². The Labute approximate surface area is 164 Å². The predicted molar refractivity (Wildman–Crippen MR) is 103 cm³/mol. The van der Waals surface area contributed by atoms with Crippen LogP contribution >= 0.6 is 0 Å². The molecular weight excluding hydrogens is 360 g/mol. The topological polar surface area (TPSA) is 96.5 Å². The third-order valence-corrected chi connectivity index (χ3v) is 4.67. The smallest absolute Gasteiger partial charge is 0.277 e. The monoisotopic (exact) mass is 388 g/mol. The highest BCUT2D eigenvalue weighted by Gasteiger charge is 2.34. The van der Waals surface area contributed by atoms with Gasteiger partial charge in [0.1, 0.15) is 5.76 Å². The first kappa shape index (κ1) is 20.1. The average molecular weight is 388 g/mol. The molecule has 3 rings (SSSR count). The third-order valence-electron chi connectivity index (χ3n) is 4.67. The van der Waals surface area contributed by atoms with E-state index in [1.54, 1.807) is 21.9 Å². The normalized spacial score (nSPS) is 16.4. The van der Waals surface area contributed by atoms with Gasteiger partial charge in [0.25, 0.3) is 11.8 Å². The van der Waals surface area contributed by atoms with Crippen molar-refractivity contribution in [1.82, 2.24) is 30.1 Å². The van der Waals surface area contributed by atoms with Gasteiger partial charge in [-0.15, -0.1) is 5.10 Å². The molecule has 2 aromatic rings. The molecule has 2 aromatic heterocycles. The zero-order valence-electron chi connectivity index (χ0n) is 16.9. The molecule has 0 saturated carbocycles. The Hall–Kier alpha value is -2.68. The fourth-order valence-electron chi connectivity index (χ4n) is 3.33. The number of hydrogen-bond acceptors (Lipinski definition) is 6. The number of furan rings is 1. The van der Waals surface area contributed by atoms with Gasteiger partial charge >= 0.3 is 0 Å². The second-order valence-electron chi connectivity index (χ2n) is 7.88. The van der Waals surface area contributed by atoms with Crippen LogP contribution in [0.3, 0.4) is 0 Å². The van der Waals surface area contributed by atoms with E-state index in [1.165, 1.54) is 0 Å². The fourth-order valence-corrected chi connectivity index (χ4v) is 3.33. The second-order valence-corrected chi connectivity index (χ2v) is 7.88. The molecule has 0 spiro atoms. The summed E-state index contributed by atoms with van der Waals surface area (Å²) in [5.41, 5.74) is 0.324. The molecule has 152 valence electrons. The maximum absolute atomic E-state index is 13.2. The van der Waals surface area contributed by atoms with Gasteiger partial charge in [-0.3, -0.25) is 9.59 Å². The van der Waals surface area contributed by atoms with Crippen LogP contribution in [0.25, 0.3) is 0 Å². The van der Waals surface area contributed by atoms with E-state index in [9.17, 15) is 9.59 Å². The number of likely N-dealkylation sites (N-methyl/N-ethyl adjacent to an activating group) is 1. The number of nitrogens with zero attached hydrogens (tertiary/aromatic N) is 5. The zero-order chi connectivity index (χ0) is 20.3. The summed E-state index contributed by atoms with van der Waals surface area (Å²) in [5.74, 6) is 0.508. The van der Waals surface area contributed by atoms with Gasteiger partial charge in [0, 0.05) is 19.1 Å². The number of carbonyl (C=O) groups excluding carboxylic acids is 2. The van der Waals surface area contributed by atoms with E-state index in [1.807, 2.05) is 25.1 Å². The Bertz CT molecular complexity index is 812. The molecule has 9 nitrogen and oxygen atoms in total. The van der Waals surface area contributed by atoms with Gasteiger partial charge in [0.15, 0.2) is 11.4 Å². The maximum Gasteiger partial charge on any atom is 0.277 e. The van der Waals surface area contributed by atoms with Crippen molar-refractivity contribution in [2.75, 3.05) is 27.2 Å². The molecule has 0 fully saturated rings. The quantitative estimate of drug-likeness (QED) is 0.731. The zero-order valence-corrected chi connectivity index (χ0v) is 16.9. The van der Waals surface area contributed by atoms with E-state index >= 15 is 0 Å². The van der Waals surface area contributed by atoms with Crippen molar-refractivity contribution >= 4 is 11.8 Å². The van der Waals surface area contributed by atoms with Crippen molar-refractivity contribution in [3.63, 3.8) is 0 Å². The largest absolute Gasteiger partial charge is 0.467 e. The van der Waals surface area contributed by atoms with Crippen LogP contribution in [-0.4, -0.2) is 69.8 Å². The minimum absolute atomic E-state index is 0.00221. The van der Waals surface area contributed by atoms with E-state index in [-0.39, 0.29) is 29.2 Å². The lowest BCUT2D eigenvalue weighted by molar-refractivity contribution is 0.0705. The first-order valence-corrected chi connectivity index (χ1v) is 9.56. The number of amides is 2. The van der Waals surface area contributed by atoms with Gasteiger partial charge in [-0.25, -0.2) is 4.68 Å². The van der Waals surface area contributed by atoms with Crippen molar-refractivity contribution < 1.29 is 14.0 Å². The van der Waals surface area contributed by atoms with Gasteiger partial charge in [0.05, 0.1) is 19.4 Å². The standard InChI is InChI=1S/C19H28N6O3/c1-13(2)10-14-11-25-17(18(26)20-14)16(21-22-25)19(27)24(8-7-23(3)4)12-15-6-5-9-28-15/h5-6,9,13-14H,7-8,10-12H2,1-4H3,(H,20,26)/t14-/m0/s1. The molecule has 0 unspecified atom stereocenters. The SMILES string of the molecule is CC(C)C[C@H]1Cn2nnc(C(=O)N(CCN(C)C)Cc3ccco3)c2C(=O)N1. The highest BCUT2D eigenvalue weighted by Crippen LogP contribution is 2.18. The lowest BCUT2D eigenvalue weighted by Crippen LogP contribution is -2.46. The molecule has 3 heterocycles. The second kappa shape index (κ2) is 8.55. The molecule has 0 saturated heterocycles. The molecular formula is C19H28N6O3. The molecule has 1 aliphatic heterocycles. The summed E-state index contributed by atoms with van der Waals surface area (Å²) >= 11 is 0. The third kappa shape index (κ3) is 4.59. The summed E-state index contributed by atoms with van der Waals surface area (Å²) in [6.07, 6.45) is 2.42. The number of hydrogen-bond donors (Lipinski definition) is 1. The number of nitrogens with one attached hydrogen (secondary N) is 1. The van der Waals surface area contributed by atoms with Crippen LogP contribution < -0.4 is 5.32 Å². The van der Waals surface area contributed by atoms with Gasteiger partial charge in [0.2, 0.25) is 0 Å². The Morgan fingerprint density at radius 3 is 2.82 bits per heavy atom. The molecule has 0 radical (unpaired) electrons. The predicted octanol–water partition coefficient (Wildman–Crippen LogP) is 1.23. The van der Waals surface area contributed by atoms with Crippen LogP contribution in [-0.2, 0) is 13.1 Å². The van der Waals surface area contributed by atoms with E-state index in [0.717, 1.165) is 6.42 Å². The van der Waals surface area contributed by atoms with Crippen molar-refractivity contribution in [1.29, 1.82) is 0 Å². The van der Waals surface area contributed by atoms with Crippen LogP contribution in [0, 0.1) is 5.92 Å². The molecule has 28 heavy (non-hydrogen) atoms. The minimum atomic E-state index is -0.322. The Kier molecular flexibility index (Phi) is 6.13. The van der Waals surface area contributed by atoms with Crippen molar-refractivity contribution in [2.45, 2.75) is 39.4 Å². The van der Waals surface area contributed by atoms with Crippen LogP contribution in [0.2, 0.25) is 0 Å². The lowest BCUT2D eigenvalue weighted by Gasteiger charge is -2.26. The van der Waals surface area contributed by atoms with Crippen LogP contribution in [0.1, 0.15) is 47.0 Å². The lowest BCUT2D eigenvalue weighted by atomic mass is 10.0. The Morgan fingerprint density at radius 2 is 2.18 bits per heavy atom. The molecule has 0 aliphatic carbocycles. The van der Waals surface area contributed by atoms with Crippen molar-refractivity contribution in [2.24, 2.45) is 5.92 Å². The summed E-state index contributed by atoms with van der Waals surface area (Å²) < 4.78 is 6.95. The Morgan fingerprint density at radius 1 is 1.39 bits per heavy atom. The molecule has 0 bridgehead atoms. The summed E-state index contributed by atoms with van der Waals surface area (Å²) in [5, 5.41) is 11.1. The van der Waals surface area contributed by atoms with Crippen LogP contribution in [0.15, 0.2) is 22.8 Å². The molecule has 1 aliphatic rings. The summed E-state index contributed by atoms with van der Waals surface area (Å²) in [6.45, 7) is 6.21. The van der Waals surface area contributed by atoms with Crippen molar-refractivity contribution in [3.05, 3.63) is 35.5 Å². The summed E-state index contributed by atoms with van der Waals surface area (Å²) in [7, 11) is 3.88. The van der Waals surface area contributed by atoms with Crippen molar-refractivity contribution in [3.8, 4) is 0 Å². The van der Waals surface area contributed by atoms with E-state index < -0.39 is 0 Å². The summed E-state index contributed by atoms with van der Waals surface area (Å²) in [6, 6.07) is 3.60. The molecule has 1 N–H and O–H groups in total. The number of rotatable bonds is 8. The highest BCUT2D eigenvalue weighted by atomic mass is 16.3. The first-order valence-electron chi connectivity index (χ1n) is 9.56. The van der Waals surface area contributed by atoms with Gasteiger partial charge in [-0.2, -0.15) is 0 Å². The average Bonchev–Trinajstić information content (AvgIpc) is 3.26. The maximum atomic E-state index is 13.2. The number of fused-ring (bicyclic) bond motifs is 1. The summed E-state index contributed by atoms with van der Waals surface area (Å²) in [4.78, 5) is 29.5. The van der Waals surface area contributed by atoms with E-state index in [4.69, 9.17) is 4.42 Å². The van der Waals surface area contributed by atoms with Gasteiger partial charge in [-0.1, -0.05) is 19.1 Å². The number of aromatic nitrogens is 3. The molecule has 1 atom stereocenters. The number of carbonyl (C=O) groups is 2. The fraction of sp³-hybridized carbons (Fsp3) is 0.579. The molecule has 0 aromatic carbocycles. The van der Waals surface area contributed by atoms with Gasteiger partial charge < -0.3 is 19.5 Å². The van der Waals surface area contributed by atoms with Crippen LogP contribution in [0.4, 0.5) is 0 Å². The van der Waals surface area contributed by atoms with Crippen LogP contribution in [0.5, 0.6) is 0 Å². The Balaban J connectivity index is 1.82. The molecule has 9 heteroatoms. The molecule has 2 amide bonds. The van der Waals surface area contributed by atoms with E-state index in [2.05, 4.69) is 29.5 Å². The first-order chi connectivity index (χ1) is 13.3. The van der Waals surface area contributed by atoms with E-state index in [0.29, 0.717) is 37.9 Å². The minimum Gasteiger partial charge on any atom is -0.467 e. The highest BCUT2D eigenvalue weighted by molar-refractivity contribution is 6.05.